The first-order valence-corrected chi connectivity index (χ1v) is 4.99. The largest absolute Gasteiger partial charge is 0.506 e. The number of aromatic hydroxyl groups is 1. The summed E-state index contributed by atoms with van der Waals surface area (Å²) >= 11 is 0. The molecule has 13 heavy (non-hydrogen) atoms. The molecule has 5 nitrogen and oxygen atoms in total. The average molecular weight is 202 g/mol. The Balaban J connectivity index is 3.50. The average Bonchev–Trinajstić information content (AvgIpc) is 1.94. The van der Waals surface area contributed by atoms with Crippen LogP contribution in [-0.4, -0.2) is 13.5 Å². The molecule has 0 radical (unpaired) electrons. The molecule has 1 rings (SSSR count). The van der Waals surface area contributed by atoms with Gasteiger partial charge >= 0.3 is 0 Å². The molecule has 0 fully saturated rings. The number of hydrogen-bond acceptors (Lipinski definition) is 4. The van der Waals surface area contributed by atoms with E-state index in [4.69, 9.17) is 16.0 Å². The van der Waals surface area contributed by atoms with Crippen LogP contribution in [0.5, 0.6) is 5.75 Å². The lowest BCUT2D eigenvalue weighted by Gasteiger charge is -2.05. The van der Waals surface area contributed by atoms with Gasteiger partial charge in [-0.05, 0) is 18.6 Å². The minimum Gasteiger partial charge on any atom is -0.506 e. The summed E-state index contributed by atoms with van der Waals surface area (Å²) in [5.41, 5.74) is 5.89. The highest BCUT2D eigenvalue weighted by molar-refractivity contribution is 7.89. The van der Waals surface area contributed by atoms with E-state index in [0.717, 1.165) is 6.07 Å². The van der Waals surface area contributed by atoms with Crippen LogP contribution < -0.4 is 10.9 Å². The molecule has 0 saturated carbocycles. The number of sulfonamides is 1. The van der Waals surface area contributed by atoms with Crippen molar-refractivity contribution in [3.63, 3.8) is 0 Å². The van der Waals surface area contributed by atoms with Crippen LogP contribution in [0.15, 0.2) is 17.0 Å². The Labute approximate surface area is 76.0 Å². The highest BCUT2D eigenvalue weighted by Gasteiger charge is 2.13. The molecular weight excluding hydrogens is 192 g/mol. The Morgan fingerprint density at radius 3 is 2.38 bits per heavy atom. The maximum Gasteiger partial charge on any atom is 0.238 e. The summed E-state index contributed by atoms with van der Waals surface area (Å²) in [6.07, 6.45) is 0. The molecule has 0 saturated heterocycles. The van der Waals surface area contributed by atoms with E-state index in [9.17, 15) is 8.42 Å². The number of anilines is 1. The molecule has 72 valence electrons. The van der Waals surface area contributed by atoms with Crippen molar-refractivity contribution in [2.75, 3.05) is 5.73 Å². The molecule has 0 heterocycles. The third-order valence-corrected chi connectivity index (χ3v) is 2.68. The van der Waals surface area contributed by atoms with Gasteiger partial charge in [-0.1, -0.05) is 0 Å². The number of primary sulfonamides is 1. The fourth-order valence-electron chi connectivity index (χ4n) is 1.01. The van der Waals surface area contributed by atoms with Gasteiger partial charge in [0.05, 0.1) is 10.6 Å². The van der Waals surface area contributed by atoms with Gasteiger partial charge in [-0.15, -0.1) is 0 Å². The van der Waals surface area contributed by atoms with E-state index in [2.05, 4.69) is 0 Å². The summed E-state index contributed by atoms with van der Waals surface area (Å²) in [5, 5.41) is 14.0. The molecule has 1 aromatic carbocycles. The van der Waals surface area contributed by atoms with Gasteiger partial charge in [-0.25, -0.2) is 13.6 Å². The Morgan fingerprint density at radius 1 is 1.38 bits per heavy atom. The highest BCUT2D eigenvalue weighted by atomic mass is 32.2. The monoisotopic (exact) mass is 202 g/mol. The second-order valence-corrected chi connectivity index (χ2v) is 4.25. The van der Waals surface area contributed by atoms with Gasteiger partial charge in [-0.2, -0.15) is 0 Å². The van der Waals surface area contributed by atoms with Crippen LogP contribution in [0.25, 0.3) is 0 Å². The lowest BCUT2D eigenvalue weighted by Crippen LogP contribution is -2.13. The smallest absolute Gasteiger partial charge is 0.238 e. The SMILES string of the molecule is Cc1cc(N)c(O)cc1S(N)(=O)=O. The Kier molecular flexibility index (Phi) is 2.19. The first-order valence-electron chi connectivity index (χ1n) is 3.44. The van der Waals surface area contributed by atoms with Gasteiger partial charge in [0.25, 0.3) is 0 Å². The quantitative estimate of drug-likeness (QED) is 0.437. The zero-order valence-corrected chi connectivity index (χ0v) is 7.80. The number of aryl methyl sites for hydroxylation is 1. The molecule has 1 aromatic rings. The van der Waals surface area contributed by atoms with Crippen LogP contribution in [0, 0.1) is 6.92 Å². The molecule has 0 aliphatic heterocycles. The van der Waals surface area contributed by atoms with E-state index in [1.54, 1.807) is 6.92 Å². The summed E-state index contributed by atoms with van der Waals surface area (Å²) in [4.78, 5) is -0.112. The summed E-state index contributed by atoms with van der Waals surface area (Å²) < 4.78 is 21.9. The summed E-state index contributed by atoms with van der Waals surface area (Å²) in [6.45, 7) is 1.55. The zero-order valence-electron chi connectivity index (χ0n) is 6.98. The van der Waals surface area contributed by atoms with Crippen LogP contribution in [0.2, 0.25) is 0 Å². The van der Waals surface area contributed by atoms with Crippen LogP contribution in [0.3, 0.4) is 0 Å². The van der Waals surface area contributed by atoms with E-state index in [-0.39, 0.29) is 16.3 Å². The van der Waals surface area contributed by atoms with Crippen molar-refractivity contribution in [2.45, 2.75) is 11.8 Å². The second kappa shape index (κ2) is 2.90. The third kappa shape index (κ3) is 1.90. The zero-order chi connectivity index (χ0) is 10.2. The Hall–Kier alpha value is -1.27. The van der Waals surface area contributed by atoms with E-state index in [0.29, 0.717) is 5.56 Å². The standard InChI is InChI=1S/C7H10N2O3S/c1-4-2-5(8)6(10)3-7(4)13(9,11)12/h2-3,10H,8H2,1H3,(H2,9,11,12). The molecule has 0 atom stereocenters. The number of rotatable bonds is 1. The van der Waals surface area contributed by atoms with Crippen molar-refractivity contribution >= 4 is 15.7 Å². The van der Waals surface area contributed by atoms with Gasteiger partial charge in [0, 0.05) is 6.07 Å². The predicted octanol–water partition coefficient (Wildman–Crippen LogP) is -0.0698. The third-order valence-electron chi connectivity index (χ3n) is 1.63. The van der Waals surface area contributed by atoms with Gasteiger partial charge in [-0.3, -0.25) is 0 Å². The van der Waals surface area contributed by atoms with E-state index < -0.39 is 10.0 Å². The van der Waals surface area contributed by atoms with Crippen molar-refractivity contribution in [3.05, 3.63) is 17.7 Å². The molecule has 0 bridgehead atoms. The lowest BCUT2D eigenvalue weighted by atomic mass is 10.2. The first kappa shape index (κ1) is 9.82. The normalized spacial score (nSPS) is 11.5. The Morgan fingerprint density at radius 2 is 1.92 bits per heavy atom. The number of hydrogen-bond donors (Lipinski definition) is 3. The maximum atomic E-state index is 10.9. The van der Waals surface area contributed by atoms with E-state index in [1.165, 1.54) is 6.07 Å². The van der Waals surface area contributed by atoms with Gasteiger partial charge < -0.3 is 10.8 Å². The topological polar surface area (TPSA) is 106 Å². The number of nitrogens with two attached hydrogens (primary N) is 2. The van der Waals surface area contributed by atoms with Crippen molar-refractivity contribution < 1.29 is 13.5 Å². The lowest BCUT2D eigenvalue weighted by molar-refractivity contribution is 0.475. The number of phenolic OH excluding ortho intramolecular Hbond substituents is 1. The van der Waals surface area contributed by atoms with Crippen molar-refractivity contribution in [1.82, 2.24) is 0 Å². The van der Waals surface area contributed by atoms with Crippen LogP contribution in [0.1, 0.15) is 5.56 Å². The molecule has 0 aliphatic carbocycles. The van der Waals surface area contributed by atoms with E-state index in [1.807, 2.05) is 0 Å². The Bertz CT molecular complexity index is 439. The van der Waals surface area contributed by atoms with Gasteiger partial charge in [0.15, 0.2) is 0 Å². The number of phenols is 1. The van der Waals surface area contributed by atoms with Gasteiger partial charge in [0.2, 0.25) is 10.0 Å². The highest BCUT2D eigenvalue weighted by Crippen LogP contribution is 2.26. The summed E-state index contributed by atoms with van der Waals surface area (Å²) in [5.74, 6) is -0.283. The predicted molar refractivity (Wildman–Crippen MR) is 48.6 cm³/mol. The minimum atomic E-state index is -3.79. The number of nitrogen functional groups attached to an aromatic ring is 1. The van der Waals surface area contributed by atoms with Crippen molar-refractivity contribution in [3.8, 4) is 5.75 Å². The fourth-order valence-corrected chi connectivity index (χ4v) is 1.79. The van der Waals surface area contributed by atoms with Gasteiger partial charge in [0.1, 0.15) is 5.75 Å². The van der Waals surface area contributed by atoms with Crippen molar-refractivity contribution in [2.24, 2.45) is 5.14 Å². The first-order chi connectivity index (χ1) is 5.82. The van der Waals surface area contributed by atoms with E-state index >= 15 is 0 Å². The van der Waals surface area contributed by atoms with Crippen LogP contribution in [-0.2, 0) is 10.0 Å². The molecule has 0 amide bonds. The molecule has 6 heteroatoms. The molecular formula is C7H10N2O3S. The fraction of sp³-hybridized carbons (Fsp3) is 0.143. The molecule has 0 aliphatic rings. The summed E-state index contributed by atoms with van der Waals surface area (Å²) in [6, 6.07) is 2.40. The van der Waals surface area contributed by atoms with Crippen LogP contribution in [0.4, 0.5) is 5.69 Å². The molecule has 0 aromatic heterocycles. The van der Waals surface area contributed by atoms with Crippen molar-refractivity contribution in [1.29, 1.82) is 0 Å². The molecule has 0 unspecified atom stereocenters. The maximum absolute atomic E-state index is 10.9. The second-order valence-electron chi connectivity index (χ2n) is 2.72. The van der Waals surface area contributed by atoms with Crippen LogP contribution >= 0.6 is 0 Å². The number of benzene rings is 1. The minimum absolute atomic E-state index is 0.112. The molecule has 5 N–H and O–H groups in total. The molecule has 0 spiro atoms. The summed E-state index contributed by atoms with van der Waals surface area (Å²) in [7, 11) is -3.79.